The van der Waals surface area contributed by atoms with Crippen LogP contribution in [-0.4, -0.2) is 25.1 Å². The second kappa shape index (κ2) is 4.04. The average Bonchev–Trinajstić information content (AvgIpc) is 1.84. The zero-order valence-electron chi connectivity index (χ0n) is 6.96. The van der Waals surface area contributed by atoms with E-state index in [0.29, 0.717) is 0 Å². The summed E-state index contributed by atoms with van der Waals surface area (Å²) in [6.07, 6.45) is 3.41. The van der Waals surface area contributed by atoms with E-state index >= 15 is 0 Å². The minimum Gasteiger partial charge on any atom is -0.399 e. The number of nitrogens with zero attached hydrogens (tertiary/aromatic N) is 2. The minimum absolute atomic E-state index is 0.245. The molecule has 10 heavy (non-hydrogen) atoms. The highest BCUT2D eigenvalue weighted by molar-refractivity contribution is 5.71. The Kier molecular flexibility index (Phi) is 3.69. The minimum atomic E-state index is -0.245. The smallest absolute Gasteiger partial charge is 0.106 e. The fourth-order valence-electron chi connectivity index (χ4n) is 0.548. The van der Waals surface area contributed by atoms with Crippen LogP contribution in [0.25, 0.3) is 0 Å². The van der Waals surface area contributed by atoms with Crippen molar-refractivity contribution in [1.82, 2.24) is 0 Å². The van der Waals surface area contributed by atoms with Gasteiger partial charge in [-0.15, -0.1) is 0 Å². The molecule has 0 spiro atoms. The molecular formula is C7H14N2O. The Morgan fingerprint density at radius 2 is 2.00 bits per heavy atom. The first kappa shape index (κ1) is 9.14. The Balaban J connectivity index is 3.98. The maximum Gasteiger partial charge on any atom is 0.106 e. The Morgan fingerprint density at radius 1 is 1.40 bits per heavy atom. The van der Waals surface area contributed by atoms with Gasteiger partial charge in [0.15, 0.2) is 0 Å². The van der Waals surface area contributed by atoms with Crippen LogP contribution in [0.15, 0.2) is 10.1 Å². The Morgan fingerprint density at radius 3 is 2.40 bits per heavy atom. The molecule has 0 atom stereocenters. The van der Waals surface area contributed by atoms with Crippen LogP contribution in [0.1, 0.15) is 20.8 Å². The van der Waals surface area contributed by atoms with Crippen LogP contribution in [-0.2, 0) is 4.84 Å². The standard InChI is InChI=1S/C7H14N2O/c1-5-8-7(2,3)6-9-10-4/h5-6H,1-4H3/b8-5?,9-6-. The molecule has 0 amide bonds. The first-order valence-electron chi connectivity index (χ1n) is 3.20. The fraction of sp³-hybridized carbons (Fsp3) is 0.714. The summed E-state index contributed by atoms with van der Waals surface area (Å²) in [6.45, 7) is 5.79. The Labute approximate surface area is 61.8 Å². The highest BCUT2D eigenvalue weighted by Gasteiger charge is 2.10. The summed E-state index contributed by atoms with van der Waals surface area (Å²) in [7, 11) is 1.52. The van der Waals surface area contributed by atoms with Crippen molar-refractivity contribution >= 4 is 12.4 Å². The molecule has 3 nitrogen and oxygen atoms in total. The zero-order valence-corrected chi connectivity index (χ0v) is 6.96. The lowest BCUT2D eigenvalue weighted by molar-refractivity contribution is 0.213. The topological polar surface area (TPSA) is 34.0 Å². The first-order valence-corrected chi connectivity index (χ1v) is 3.20. The molecule has 0 aliphatic rings. The maximum absolute atomic E-state index is 4.52. The molecule has 0 radical (unpaired) electrons. The normalized spacial score (nSPS) is 13.2. The van der Waals surface area contributed by atoms with E-state index in [1.807, 2.05) is 20.8 Å². The van der Waals surface area contributed by atoms with Gasteiger partial charge in [-0.2, -0.15) is 0 Å². The van der Waals surface area contributed by atoms with E-state index in [9.17, 15) is 0 Å². The highest BCUT2D eigenvalue weighted by atomic mass is 16.6. The van der Waals surface area contributed by atoms with Crippen LogP contribution >= 0.6 is 0 Å². The van der Waals surface area contributed by atoms with Crippen LogP contribution in [0, 0.1) is 0 Å². The first-order chi connectivity index (χ1) is 4.62. The molecule has 0 aromatic heterocycles. The van der Waals surface area contributed by atoms with Gasteiger partial charge in [-0.05, 0) is 27.0 Å². The molecule has 0 rings (SSSR count). The lowest BCUT2D eigenvalue weighted by Crippen LogP contribution is -2.18. The van der Waals surface area contributed by atoms with E-state index in [0.717, 1.165) is 0 Å². The Bertz CT molecular complexity index is 139. The number of hydrogen-bond donors (Lipinski definition) is 0. The van der Waals surface area contributed by atoms with Crippen LogP contribution in [0.2, 0.25) is 0 Å². The highest BCUT2D eigenvalue weighted by Crippen LogP contribution is 2.03. The summed E-state index contributed by atoms with van der Waals surface area (Å²) in [5.41, 5.74) is -0.245. The van der Waals surface area contributed by atoms with Gasteiger partial charge in [-0.3, -0.25) is 4.99 Å². The molecular weight excluding hydrogens is 128 g/mol. The van der Waals surface area contributed by atoms with E-state index < -0.39 is 0 Å². The summed E-state index contributed by atoms with van der Waals surface area (Å²) in [5, 5.41) is 3.62. The predicted octanol–water partition coefficient (Wildman–Crippen LogP) is 1.49. The molecule has 0 aliphatic carbocycles. The van der Waals surface area contributed by atoms with E-state index in [4.69, 9.17) is 0 Å². The molecule has 0 unspecified atom stereocenters. The van der Waals surface area contributed by atoms with Crippen LogP contribution in [0.3, 0.4) is 0 Å². The van der Waals surface area contributed by atoms with E-state index in [2.05, 4.69) is 15.0 Å². The second-order valence-electron chi connectivity index (χ2n) is 2.46. The van der Waals surface area contributed by atoms with Gasteiger partial charge in [0.25, 0.3) is 0 Å². The van der Waals surface area contributed by atoms with Gasteiger partial charge in [-0.1, -0.05) is 5.16 Å². The summed E-state index contributed by atoms with van der Waals surface area (Å²) >= 11 is 0. The van der Waals surface area contributed by atoms with Gasteiger partial charge in [0.2, 0.25) is 0 Å². The lowest BCUT2D eigenvalue weighted by atomic mass is 10.1. The van der Waals surface area contributed by atoms with Gasteiger partial charge in [-0.25, -0.2) is 0 Å². The van der Waals surface area contributed by atoms with Crippen molar-refractivity contribution in [2.45, 2.75) is 26.3 Å². The quantitative estimate of drug-likeness (QED) is 0.434. The SMILES string of the molecule is CC=NC(C)(C)/C=N\OC. The molecule has 0 bridgehead atoms. The van der Waals surface area contributed by atoms with Crippen LogP contribution in [0.5, 0.6) is 0 Å². The van der Waals surface area contributed by atoms with Gasteiger partial charge in [0, 0.05) is 0 Å². The molecule has 0 saturated carbocycles. The van der Waals surface area contributed by atoms with Gasteiger partial charge in [0.1, 0.15) is 7.11 Å². The maximum atomic E-state index is 4.52. The van der Waals surface area contributed by atoms with Gasteiger partial charge >= 0.3 is 0 Å². The average molecular weight is 142 g/mol. The number of aliphatic imine (C=N–C) groups is 1. The van der Waals surface area contributed by atoms with E-state index in [-0.39, 0.29) is 5.54 Å². The van der Waals surface area contributed by atoms with Crippen LogP contribution < -0.4 is 0 Å². The van der Waals surface area contributed by atoms with Gasteiger partial charge in [0.05, 0.1) is 11.8 Å². The summed E-state index contributed by atoms with van der Waals surface area (Å²) in [6, 6.07) is 0. The fourth-order valence-corrected chi connectivity index (χ4v) is 0.548. The van der Waals surface area contributed by atoms with E-state index in [1.54, 1.807) is 12.4 Å². The van der Waals surface area contributed by atoms with Crippen molar-refractivity contribution in [3.05, 3.63) is 0 Å². The second-order valence-corrected chi connectivity index (χ2v) is 2.46. The predicted molar refractivity (Wildman–Crippen MR) is 43.7 cm³/mol. The number of oxime groups is 1. The van der Waals surface area contributed by atoms with Crippen LogP contribution in [0.4, 0.5) is 0 Å². The molecule has 0 aromatic rings. The van der Waals surface area contributed by atoms with Crippen molar-refractivity contribution in [1.29, 1.82) is 0 Å². The molecule has 0 aromatic carbocycles. The lowest BCUT2D eigenvalue weighted by Gasteiger charge is -2.10. The van der Waals surface area contributed by atoms with Crippen molar-refractivity contribution in [2.24, 2.45) is 10.1 Å². The Hall–Kier alpha value is -0.860. The third-order valence-corrected chi connectivity index (χ3v) is 0.936. The molecule has 0 N–H and O–H groups in total. The van der Waals surface area contributed by atoms with Crippen molar-refractivity contribution in [3.8, 4) is 0 Å². The summed E-state index contributed by atoms with van der Waals surface area (Å²) in [4.78, 5) is 8.66. The largest absolute Gasteiger partial charge is 0.399 e. The monoisotopic (exact) mass is 142 g/mol. The third kappa shape index (κ3) is 4.06. The van der Waals surface area contributed by atoms with Gasteiger partial charge < -0.3 is 4.84 Å². The molecule has 0 heterocycles. The zero-order chi connectivity index (χ0) is 8.04. The number of hydrogen-bond acceptors (Lipinski definition) is 3. The molecule has 0 aliphatic heterocycles. The van der Waals surface area contributed by atoms with Crippen molar-refractivity contribution < 1.29 is 4.84 Å². The summed E-state index contributed by atoms with van der Waals surface area (Å²) in [5.74, 6) is 0. The van der Waals surface area contributed by atoms with Crippen molar-refractivity contribution in [2.75, 3.05) is 7.11 Å². The molecule has 0 fully saturated rings. The van der Waals surface area contributed by atoms with Crippen molar-refractivity contribution in [3.63, 3.8) is 0 Å². The summed E-state index contributed by atoms with van der Waals surface area (Å²) < 4.78 is 0. The molecule has 3 heteroatoms. The number of rotatable bonds is 3. The molecule has 58 valence electrons. The molecule has 0 saturated heterocycles. The third-order valence-electron chi connectivity index (χ3n) is 0.936. The van der Waals surface area contributed by atoms with E-state index in [1.165, 1.54) is 7.11 Å².